The summed E-state index contributed by atoms with van der Waals surface area (Å²) < 4.78 is 5.27. The van der Waals surface area contributed by atoms with Crippen molar-refractivity contribution in [3.8, 4) is 0 Å². The van der Waals surface area contributed by atoms with E-state index in [4.69, 9.17) is 4.52 Å². The maximum absolute atomic E-state index is 5.27. The van der Waals surface area contributed by atoms with Crippen molar-refractivity contribution >= 4 is 41.7 Å². The summed E-state index contributed by atoms with van der Waals surface area (Å²) in [5.74, 6) is 3.46. The Morgan fingerprint density at radius 3 is 2.83 bits per heavy atom. The molecule has 0 aromatic carbocycles. The van der Waals surface area contributed by atoms with Gasteiger partial charge in [-0.1, -0.05) is 19.0 Å². The van der Waals surface area contributed by atoms with E-state index in [2.05, 4.69) is 46.0 Å². The number of rotatable bonds is 4. The predicted octanol–water partition coefficient (Wildman–Crippen LogP) is 3.42. The molecule has 1 saturated heterocycles. The first-order valence-corrected chi connectivity index (χ1v) is 9.11. The molecule has 0 bridgehead atoms. The Bertz CT molecular complexity index is 501. The summed E-state index contributed by atoms with van der Waals surface area (Å²) >= 11 is 2.08. The van der Waals surface area contributed by atoms with Gasteiger partial charge in [0, 0.05) is 49.2 Å². The highest BCUT2D eigenvalue weighted by Gasteiger charge is 2.22. The van der Waals surface area contributed by atoms with Gasteiger partial charge in [0.2, 0.25) is 0 Å². The van der Waals surface area contributed by atoms with E-state index in [1.807, 2.05) is 20.9 Å². The molecule has 2 unspecified atom stereocenters. The lowest BCUT2D eigenvalue weighted by atomic mass is 10.00. The molecule has 1 aromatic heterocycles. The van der Waals surface area contributed by atoms with Crippen molar-refractivity contribution in [1.82, 2.24) is 15.4 Å². The van der Waals surface area contributed by atoms with Crippen molar-refractivity contribution in [2.24, 2.45) is 4.99 Å². The molecule has 0 radical (unpaired) electrons. The van der Waals surface area contributed by atoms with Gasteiger partial charge < -0.3 is 14.7 Å². The van der Waals surface area contributed by atoms with Crippen molar-refractivity contribution in [1.29, 1.82) is 0 Å². The number of hydrogen-bond donors (Lipinski definition) is 1. The molecule has 2 atom stereocenters. The van der Waals surface area contributed by atoms with Gasteiger partial charge in [-0.05, 0) is 20.3 Å². The fourth-order valence-electron chi connectivity index (χ4n) is 3.03. The average Bonchev–Trinajstić information content (AvgIpc) is 2.87. The molecule has 0 saturated carbocycles. The zero-order chi connectivity index (χ0) is 16.1. The lowest BCUT2D eigenvalue weighted by Gasteiger charge is -2.34. The monoisotopic (exact) mass is 452 g/mol. The Labute approximate surface area is 161 Å². The van der Waals surface area contributed by atoms with Crippen LogP contribution < -0.4 is 5.32 Å². The van der Waals surface area contributed by atoms with Gasteiger partial charge >= 0.3 is 0 Å². The summed E-state index contributed by atoms with van der Waals surface area (Å²) in [6.45, 7) is 11.4. The number of guanidine groups is 1. The highest BCUT2D eigenvalue weighted by Crippen LogP contribution is 2.23. The third-order valence-corrected chi connectivity index (χ3v) is 5.63. The van der Waals surface area contributed by atoms with Crippen molar-refractivity contribution in [2.45, 2.75) is 45.3 Å². The Hall–Kier alpha value is -0.440. The van der Waals surface area contributed by atoms with Crippen LogP contribution in [0.3, 0.4) is 0 Å². The molecule has 132 valence electrons. The van der Waals surface area contributed by atoms with Gasteiger partial charge in [0.05, 0.1) is 5.69 Å². The highest BCUT2D eigenvalue weighted by atomic mass is 127. The van der Waals surface area contributed by atoms with E-state index in [0.29, 0.717) is 11.2 Å². The van der Waals surface area contributed by atoms with Crippen molar-refractivity contribution in [2.75, 3.05) is 32.4 Å². The topological polar surface area (TPSA) is 53.7 Å². The zero-order valence-electron chi connectivity index (χ0n) is 14.8. The van der Waals surface area contributed by atoms with Crippen LogP contribution in [0.25, 0.3) is 0 Å². The molecule has 0 aliphatic carbocycles. The molecule has 1 aliphatic heterocycles. The van der Waals surface area contributed by atoms with Crippen LogP contribution in [0.4, 0.5) is 0 Å². The maximum atomic E-state index is 5.27. The number of aromatic nitrogens is 1. The molecule has 23 heavy (non-hydrogen) atoms. The largest absolute Gasteiger partial charge is 0.361 e. The number of aryl methyl sites for hydroxylation is 2. The third kappa shape index (κ3) is 5.27. The Balaban J connectivity index is 0.00000264. The van der Waals surface area contributed by atoms with E-state index in [9.17, 15) is 0 Å². The van der Waals surface area contributed by atoms with Crippen LogP contribution in [0.5, 0.6) is 0 Å². The van der Waals surface area contributed by atoms with Gasteiger partial charge in [-0.2, -0.15) is 11.8 Å². The number of halogens is 1. The molecule has 2 heterocycles. The zero-order valence-corrected chi connectivity index (χ0v) is 17.9. The second kappa shape index (κ2) is 9.76. The van der Waals surface area contributed by atoms with Crippen molar-refractivity contribution in [3.05, 3.63) is 17.0 Å². The van der Waals surface area contributed by atoms with Crippen LogP contribution >= 0.6 is 35.7 Å². The highest BCUT2D eigenvalue weighted by molar-refractivity contribution is 14.0. The molecule has 1 aromatic rings. The van der Waals surface area contributed by atoms with Crippen LogP contribution in [-0.4, -0.2) is 53.7 Å². The van der Waals surface area contributed by atoms with E-state index >= 15 is 0 Å². The van der Waals surface area contributed by atoms with Crippen molar-refractivity contribution < 1.29 is 4.52 Å². The second-order valence-electron chi connectivity index (χ2n) is 5.91. The standard InChI is InChI=1S/C16H28N4OS.HI/c1-6-14-10-20(7-8-22-14)16(17-5)18-9-11(2)15-12(3)19-21-13(15)4;/h11,14H,6-10H2,1-5H3,(H,17,18);1H. The minimum absolute atomic E-state index is 0. The van der Waals surface area contributed by atoms with E-state index in [1.165, 1.54) is 17.7 Å². The summed E-state index contributed by atoms with van der Waals surface area (Å²) in [5.41, 5.74) is 2.20. The van der Waals surface area contributed by atoms with Crippen LogP contribution in [0.15, 0.2) is 9.52 Å². The van der Waals surface area contributed by atoms with E-state index < -0.39 is 0 Å². The molecule has 2 rings (SSSR count). The van der Waals surface area contributed by atoms with E-state index in [1.54, 1.807) is 0 Å². The van der Waals surface area contributed by atoms with Crippen LogP contribution in [0.2, 0.25) is 0 Å². The average molecular weight is 452 g/mol. The summed E-state index contributed by atoms with van der Waals surface area (Å²) in [5, 5.41) is 8.29. The number of hydrogen-bond acceptors (Lipinski definition) is 4. The fourth-order valence-corrected chi connectivity index (χ4v) is 4.21. The van der Waals surface area contributed by atoms with Crippen LogP contribution in [-0.2, 0) is 0 Å². The molecular formula is C16H29IN4OS. The summed E-state index contributed by atoms with van der Waals surface area (Å²) in [6, 6.07) is 0. The predicted molar refractivity (Wildman–Crippen MR) is 109 cm³/mol. The molecule has 5 nitrogen and oxygen atoms in total. The summed E-state index contributed by atoms with van der Waals surface area (Å²) in [6.07, 6.45) is 1.22. The molecule has 1 N–H and O–H groups in total. The maximum Gasteiger partial charge on any atom is 0.193 e. The van der Waals surface area contributed by atoms with E-state index in [-0.39, 0.29) is 24.0 Å². The van der Waals surface area contributed by atoms with E-state index in [0.717, 1.165) is 37.0 Å². The minimum atomic E-state index is 0. The molecule has 0 spiro atoms. The Morgan fingerprint density at radius 1 is 1.52 bits per heavy atom. The van der Waals surface area contributed by atoms with Gasteiger partial charge in [-0.25, -0.2) is 0 Å². The lowest BCUT2D eigenvalue weighted by Crippen LogP contribution is -2.48. The molecule has 1 aliphatic rings. The minimum Gasteiger partial charge on any atom is -0.361 e. The van der Waals surface area contributed by atoms with Crippen molar-refractivity contribution in [3.63, 3.8) is 0 Å². The van der Waals surface area contributed by atoms with Crippen LogP contribution in [0.1, 0.15) is 43.2 Å². The first-order chi connectivity index (χ1) is 10.6. The molecule has 0 amide bonds. The SMILES string of the molecule is CCC1CN(C(=NC)NCC(C)c2c(C)noc2C)CCS1.I. The first-order valence-electron chi connectivity index (χ1n) is 8.06. The third-order valence-electron chi connectivity index (χ3n) is 4.25. The number of aliphatic imine (C=N–C) groups is 1. The smallest absolute Gasteiger partial charge is 0.193 e. The van der Waals surface area contributed by atoms with Gasteiger partial charge in [-0.3, -0.25) is 4.99 Å². The van der Waals surface area contributed by atoms with Gasteiger partial charge in [-0.15, -0.1) is 24.0 Å². The summed E-state index contributed by atoms with van der Waals surface area (Å²) in [7, 11) is 1.87. The Morgan fingerprint density at radius 2 is 2.26 bits per heavy atom. The fraction of sp³-hybridized carbons (Fsp3) is 0.750. The number of nitrogens with zero attached hydrogens (tertiary/aromatic N) is 3. The quantitative estimate of drug-likeness (QED) is 0.431. The number of nitrogens with one attached hydrogen (secondary N) is 1. The lowest BCUT2D eigenvalue weighted by molar-refractivity contribution is 0.391. The normalized spacial score (nSPS) is 20.1. The second-order valence-corrected chi connectivity index (χ2v) is 7.32. The van der Waals surface area contributed by atoms with Gasteiger partial charge in [0.25, 0.3) is 0 Å². The molecular weight excluding hydrogens is 423 g/mol. The van der Waals surface area contributed by atoms with Gasteiger partial charge in [0.1, 0.15) is 5.76 Å². The number of thioether (sulfide) groups is 1. The van der Waals surface area contributed by atoms with Gasteiger partial charge in [0.15, 0.2) is 5.96 Å². The Kier molecular flexibility index (Phi) is 8.74. The molecule has 7 heteroatoms. The first kappa shape index (κ1) is 20.6. The van der Waals surface area contributed by atoms with Crippen LogP contribution in [0, 0.1) is 13.8 Å². The summed E-state index contributed by atoms with van der Waals surface area (Å²) in [4.78, 5) is 6.84. The molecule has 1 fully saturated rings.